The molecule has 0 spiro atoms. The van der Waals surface area contributed by atoms with E-state index < -0.39 is 6.10 Å². The van der Waals surface area contributed by atoms with Crippen molar-refractivity contribution in [3.05, 3.63) is 64.4 Å². The smallest absolute Gasteiger partial charge is 0.410 e. The van der Waals surface area contributed by atoms with E-state index in [1.807, 2.05) is 51.1 Å². The molecule has 9 heteroatoms. The van der Waals surface area contributed by atoms with Crippen LogP contribution in [0.3, 0.4) is 0 Å². The first-order valence-corrected chi connectivity index (χ1v) is 13.3. The fourth-order valence-corrected chi connectivity index (χ4v) is 5.18. The molecular formula is C28H36ClN3O5. The van der Waals surface area contributed by atoms with E-state index in [9.17, 15) is 14.7 Å². The molecular weight excluding hydrogens is 494 g/mol. The number of carbonyl (C=O) groups excluding carboxylic acids is 2. The van der Waals surface area contributed by atoms with Crippen molar-refractivity contribution in [3.63, 3.8) is 0 Å². The zero-order valence-electron chi connectivity index (χ0n) is 21.6. The molecule has 1 aliphatic carbocycles. The molecule has 8 nitrogen and oxygen atoms in total. The number of ether oxygens (including phenoxy) is 2. The number of hydrogen-bond donors (Lipinski definition) is 3. The Morgan fingerprint density at radius 3 is 2.73 bits per heavy atom. The third-order valence-electron chi connectivity index (χ3n) is 6.92. The minimum Gasteiger partial charge on any atom is -0.493 e. The van der Waals surface area contributed by atoms with Gasteiger partial charge in [0, 0.05) is 42.1 Å². The van der Waals surface area contributed by atoms with Crippen molar-refractivity contribution < 1.29 is 24.2 Å². The lowest BCUT2D eigenvalue weighted by Gasteiger charge is -2.37. The molecule has 200 valence electrons. The lowest BCUT2D eigenvalue weighted by Crippen LogP contribution is -2.42. The number of carbonyl (C=O) groups is 2. The Hall–Kier alpha value is -2.97. The van der Waals surface area contributed by atoms with Crippen LogP contribution in [-0.4, -0.2) is 60.5 Å². The van der Waals surface area contributed by atoms with E-state index in [4.69, 9.17) is 21.1 Å². The van der Waals surface area contributed by atoms with Gasteiger partial charge in [0.1, 0.15) is 11.8 Å². The minimum absolute atomic E-state index is 0.0837. The number of allylic oxidation sites excluding steroid dienone is 2. The standard InChI is InChI=1S/C28H36ClN3O5/c1-4-36-28(35)32-13-11-22-23-15-19(29)7-10-24(23)31-25(22)26(32)18-5-8-21(9-6-18)37-14-12-20(33)16-30-27(34)17(2)3/h5-10,15,17,20,23-24,26,31,33H,4,11-14,16H2,1-3H3,(H,30,34)/t20?,23?,24?,26-/m0/s1. The number of aliphatic hydroxyl groups is 1. The van der Waals surface area contributed by atoms with Gasteiger partial charge in [-0.1, -0.05) is 49.7 Å². The second-order valence-electron chi connectivity index (χ2n) is 9.85. The van der Waals surface area contributed by atoms with Crippen LogP contribution in [0.1, 0.15) is 45.2 Å². The SMILES string of the molecule is CCOC(=O)N1CCC2=C(NC3C=CC(Cl)=CC23)[C@@H]1c1ccc(OCCC(O)CNC(=O)C(C)C)cc1. The Morgan fingerprint density at radius 1 is 1.27 bits per heavy atom. The van der Waals surface area contributed by atoms with Gasteiger partial charge in [0.2, 0.25) is 5.91 Å². The maximum Gasteiger partial charge on any atom is 0.410 e. The van der Waals surface area contributed by atoms with Gasteiger partial charge >= 0.3 is 6.09 Å². The van der Waals surface area contributed by atoms with Crippen molar-refractivity contribution in [1.29, 1.82) is 0 Å². The molecule has 2 amide bonds. The van der Waals surface area contributed by atoms with E-state index in [0.29, 0.717) is 31.9 Å². The maximum absolute atomic E-state index is 12.9. The number of rotatable bonds is 9. The van der Waals surface area contributed by atoms with Gasteiger partial charge in [-0.05, 0) is 42.7 Å². The highest BCUT2D eigenvalue weighted by molar-refractivity contribution is 6.31. The molecule has 4 rings (SSSR count). The van der Waals surface area contributed by atoms with Crippen LogP contribution >= 0.6 is 11.6 Å². The predicted molar refractivity (Wildman–Crippen MR) is 142 cm³/mol. The third-order valence-corrected chi connectivity index (χ3v) is 7.17. The largest absolute Gasteiger partial charge is 0.493 e. The molecule has 1 aromatic carbocycles. The van der Waals surface area contributed by atoms with E-state index in [2.05, 4.69) is 22.8 Å². The lowest BCUT2D eigenvalue weighted by molar-refractivity contribution is -0.124. The topological polar surface area (TPSA) is 100 Å². The van der Waals surface area contributed by atoms with Crippen molar-refractivity contribution >= 4 is 23.6 Å². The number of fused-ring (bicyclic) bond motifs is 2. The van der Waals surface area contributed by atoms with Gasteiger partial charge in [0.25, 0.3) is 0 Å². The first-order valence-electron chi connectivity index (χ1n) is 12.9. The van der Waals surface area contributed by atoms with Crippen molar-refractivity contribution in [3.8, 4) is 5.75 Å². The average Bonchev–Trinajstić information content (AvgIpc) is 3.25. The highest BCUT2D eigenvalue weighted by Crippen LogP contribution is 2.44. The summed E-state index contributed by atoms with van der Waals surface area (Å²) in [5.41, 5.74) is 3.26. The Balaban J connectivity index is 1.44. The van der Waals surface area contributed by atoms with E-state index in [0.717, 1.165) is 22.7 Å². The summed E-state index contributed by atoms with van der Waals surface area (Å²) in [7, 11) is 0. The van der Waals surface area contributed by atoms with Crippen LogP contribution in [0, 0.1) is 11.8 Å². The van der Waals surface area contributed by atoms with E-state index in [1.165, 1.54) is 5.57 Å². The van der Waals surface area contributed by atoms with Crippen LogP contribution in [0.5, 0.6) is 5.75 Å². The Kier molecular flexibility index (Phi) is 8.82. The number of aliphatic hydroxyl groups excluding tert-OH is 1. The Morgan fingerprint density at radius 2 is 2.03 bits per heavy atom. The van der Waals surface area contributed by atoms with Gasteiger partial charge in [0.15, 0.2) is 0 Å². The number of hydrogen-bond acceptors (Lipinski definition) is 6. The molecule has 4 atom stereocenters. The summed E-state index contributed by atoms with van der Waals surface area (Å²) in [5, 5.41) is 17.2. The van der Waals surface area contributed by atoms with Gasteiger partial charge in [-0.25, -0.2) is 4.79 Å². The summed E-state index contributed by atoms with van der Waals surface area (Å²) in [6.45, 7) is 6.82. The van der Waals surface area contributed by atoms with Crippen LogP contribution in [0.15, 0.2) is 58.8 Å². The highest BCUT2D eigenvalue weighted by Gasteiger charge is 2.43. The molecule has 0 radical (unpaired) electrons. The van der Waals surface area contributed by atoms with Crippen LogP contribution in [-0.2, 0) is 9.53 Å². The second kappa shape index (κ2) is 12.0. The van der Waals surface area contributed by atoms with Crippen LogP contribution in [0.2, 0.25) is 0 Å². The molecule has 3 unspecified atom stereocenters. The van der Waals surface area contributed by atoms with Crippen molar-refractivity contribution in [2.75, 3.05) is 26.3 Å². The maximum atomic E-state index is 12.9. The zero-order chi connectivity index (χ0) is 26.5. The molecule has 3 aliphatic rings. The van der Waals surface area contributed by atoms with E-state index >= 15 is 0 Å². The number of benzene rings is 1. The summed E-state index contributed by atoms with van der Waals surface area (Å²) in [6, 6.07) is 7.50. The van der Waals surface area contributed by atoms with Gasteiger partial charge < -0.3 is 25.2 Å². The fourth-order valence-electron chi connectivity index (χ4n) is 4.97. The molecule has 2 aliphatic heterocycles. The predicted octanol–water partition coefficient (Wildman–Crippen LogP) is 4.03. The summed E-state index contributed by atoms with van der Waals surface area (Å²) in [5.74, 6) is 0.644. The molecule has 0 fully saturated rings. The summed E-state index contributed by atoms with van der Waals surface area (Å²) >= 11 is 6.30. The molecule has 0 bridgehead atoms. The third kappa shape index (κ3) is 6.30. The highest BCUT2D eigenvalue weighted by atomic mass is 35.5. The number of nitrogens with one attached hydrogen (secondary N) is 2. The minimum atomic E-state index is -0.679. The normalized spacial score (nSPS) is 23.1. The van der Waals surface area contributed by atoms with Crippen LogP contribution < -0.4 is 15.4 Å². The average molecular weight is 530 g/mol. The number of halogens is 1. The van der Waals surface area contributed by atoms with Gasteiger partial charge in [0.05, 0.1) is 25.4 Å². The van der Waals surface area contributed by atoms with Crippen molar-refractivity contribution in [2.24, 2.45) is 11.8 Å². The first-order chi connectivity index (χ1) is 17.8. The van der Waals surface area contributed by atoms with E-state index in [1.54, 1.807) is 4.90 Å². The molecule has 2 heterocycles. The number of nitrogens with zero attached hydrogens (tertiary/aromatic N) is 1. The van der Waals surface area contributed by atoms with Gasteiger partial charge in [-0.15, -0.1) is 0 Å². The zero-order valence-corrected chi connectivity index (χ0v) is 22.3. The van der Waals surface area contributed by atoms with Crippen LogP contribution in [0.25, 0.3) is 0 Å². The molecule has 0 saturated carbocycles. The van der Waals surface area contributed by atoms with Crippen molar-refractivity contribution in [1.82, 2.24) is 15.5 Å². The Bertz CT molecular complexity index is 1080. The fraction of sp³-hybridized carbons (Fsp3) is 0.500. The summed E-state index contributed by atoms with van der Waals surface area (Å²) < 4.78 is 11.2. The molecule has 37 heavy (non-hydrogen) atoms. The quantitative estimate of drug-likeness (QED) is 0.446. The van der Waals surface area contributed by atoms with E-state index in [-0.39, 0.29) is 42.5 Å². The van der Waals surface area contributed by atoms with Crippen molar-refractivity contribution in [2.45, 2.75) is 51.8 Å². The Labute approximate surface area is 223 Å². The first kappa shape index (κ1) is 27.1. The monoisotopic (exact) mass is 529 g/mol. The summed E-state index contributed by atoms with van der Waals surface area (Å²) in [6.07, 6.45) is 6.21. The molecule has 1 aromatic rings. The number of amides is 2. The van der Waals surface area contributed by atoms with Gasteiger partial charge in [-0.3, -0.25) is 9.69 Å². The van der Waals surface area contributed by atoms with Crippen LogP contribution in [0.4, 0.5) is 4.79 Å². The second-order valence-corrected chi connectivity index (χ2v) is 10.3. The molecule has 0 aromatic heterocycles. The summed E-state index contributed by atoms with van der Waals surface area (Å²) in [4.78, 5) is 26.3. The molecule has 3 N–H and O–H groups in total. The molecule has 0 saturated heterocycles. The lowest BCUT2D eigenvalue weighted by atomic mass is 9.85. The van der Waals surface area contributed by atoms with Gasteiger partial charge in [-0.2, -0.15) is 0 Å².